The van der Waals surface area contributed by atoms with Crippen molar-refractivity contribution in [3.63, 3.8) is 0 Å². The van der Waals surface area contributed by atoms with Gasteiger partial charge in [-0.05, 0) is 31.9 Å². The molecule has 0 spiro atoms. The SMILES string of the molecule is CCNC(=NCC(O)c1ccco1)N1CCOC(C2CCCO2)C1.I. The molecule has 2 aliphatic rings. The van der Waals surface area contributed by atoms with Crippen LogP contribution in [0.15, 0.2) is 27.8 Å². The van der Waals surface area contributed by atoms with E-state index in [2.05, 4.69) is 15.2 Å². The average molecular weight is 465 g/mol. The molecular weight excluding hydrogens is 437 g/mol. The van der Waals surface area contributed by atoms with Crippen LogP contribution in [-0.4, -0.2) is 67.6 Å². The number of nitrogens with zero attached hydrogens (tertiary/aromatic N) is 2. The summed E-state index contributed by atoms with van der Waals surface area (Å²) in [5, 5.41) is 13.5. The molecular formula is C17H28IN3O4. The van der Waals surface area contributed by atoms with Crippen molar-refractivity contribution in [1.82, 2.24) is 10.2 Å². The molecule has 3 unspecified atom stereocenters. The Kier molecular flexibility index (Phi) is 8.47. The summed E-state index contributed by atoms with van der Waals surface area (Å²) < 4.78 is 16.9. The van der Waals surface area contributed by atoms with Crippen LogP contribution in [0, 0.1) is 0 Å². The molecule has 142 valence electrons. The Labute approximate surface area is 165 Å². The van der Waals surface area contributed by atoms with Gasteiger partial charge in [-0.2, -0.15) is 0 Å². The first kappa shape index (κ1) is 20.5. The summed E-state index contributed by atoms with van der Waals surface area (Å²) in [4.78, 5) is 6.77. The van der Waals surface area contributed by atoms with Crippen molar-refractivity contribution in [2.24, 2.45) is 4.99 Å². The van der Waals surface area contributed by atoms with Crippen LogP contribution in [0.2, 0.25) is 0 Å². The largest absolute Gasteiger partial charge is 0.467 e. The molecule has 0 bridgehead atoms. The van der Waals surface area contributed by atoms with Crippen molar-refractivity contribution < 1.29 is 19.0 Å². The minimum Gasteiger partial charge on any atom is -0.467 e. The van der Waals surface area contributed by atoms with Gasteiger partial charge in [-0.25, -0.2) is 4.99 Å². The Balaban J connectivity index is 0.00000225. The number of guanidine groups is 1. The predicted molar refractivity (Wildman–Crippen MR) is 105 cm³/mol. The van der Waals surface area contributed by atoms with Gasteiger partial charge < -0.3 is 29.2 Å². The first-order valence-corrected chi connectivity index (χ1v) is 8.76. The van der Waals surface area contributed by atoms with Gasteiger partial charge in [0.2, 0.25) is 0 Å². The molecule has 1 aromatic heterocycles. The van der Waals surface area contributed by atoms with Crippen LogP contribution >= 0.6 is 24.0 Å². The molecule has 3 rings (SSSR count). The van der Waals surface area contributed by atoms with Crippen LogP contribution in [-0.2, 0) is 9.47 Å². The lowest BCUT2D eigenvalue weighted by Gasteiger charge is -2.37. The molecule has 0 radical (unpaired) electrons. The number of aliphatic imine (C=N–C) groups is 1. The van der Waals surface area contributed by atoms with Crippen molar-refractivity contribution >= 4 is 29.9 Å². The molecule has 2 fully saturated rings. The van der Waals surface area contributed by atoms with Gasteiger partial charge in [0.05, 0.1) is 25.5 Å². The number of ether oxygens (including phenoxy) is 2. The van der Waals surface area contributed by atoms with Crippen molar-refractivity contribution in [1.29, 1.82) is 0 Å². The number of furan rings is 1. The summed E-state index contributed by atoms with van der Waals surface area (Å²) in [7, 11) is 0. The maximum absolute atomic E-state index is 10.2. The van der Waals surface area contributed by atoms with Gasteiger partial charge >= 0.3 is 0 Å². The molecule has 0 aromatic carbocycles. The molecule has 1 aromatic rings. The Morgan fingerprint density at radius 3 is 2.92 bits per heavy atom. The lowest BCUT2D eigenvalue weighted by atomic mass is 10.1. The number of halogens is 1. The van der Waals surface area contributed by atoms with Crippen molar-refractivity contribution in [3.8, 4) is 0 Å². The minimum atomic E-state index is -0.733. The molecule has 25 heavy (non-hydrogen) atoms. The van der Waals surface area contributed by atoms with Gasteiger partial charge in [0.15, 0.2) is 5.96 Å². The third kappa shape index (κ3) is 5.57. The molecule has 2 aliphatic heterocycles. The van der Waals surface area contributed by atoms with E-state index in [9.17, 15) is 5.11 Å². The molecule has 2 saturated heterocycles. The van der Waals surface area contributed by atoms with Gasteiger partial charge in [-0.15, -0.1) is 24.0 Å². The van der Waals surface area contributed by atoms with Gasteiger partial charge in [0, 0.05) is 26.2 Å². The Hall–Kier alpha value is -0.840. The summed E-state index contributed by atoms with van der Waals surface area (Å²) in [5.74, 6) is 1.34. The predicted octanol–water partition coefficient (Wildman–Crippen LogP) is 1.78. The van der Waals surface area contributed by atoms with Gasteiger partial charge in [-0.1, -0.05) is 0 Å². The molecule has 2 N–H and O–H groups in total. The smallest absolute Gasteiger partial charge is 0.194 e. The number of rotatable bonds is 5. The maximum Gasteiger partial charge on any atom is 0.194 e. The number of hydrogen-bond donors (Lipinski definition) is 2. The van der Waals surface area contributed by atoms with Gasteiger partial charge in [0.1, 0.15) is 18.0 Å². The van der Waals surface area contributed by atoms with E-state index in [1.54, 1.807) is 18.4 Å². The Morgan fingerprint density at radius 2 is 2.24 bits per heavy atom. The fraction of sp³-hybridized carbons (Fsp3) is 0.706. The zero-order valence-corrected chi connectivity index (χ0v) is 16.9. The summed E-state index contributed by atoms with van der Waals surface area (Å²) in [6, 6.07) is 3.52. The molecule has 7 nitrogen and oxygen atoms in total. The standard InChI is InChI=1S/C17H27N3O4.HI/c1-2-18-17(19-11-13(21)14-5-3-8-22-14)20-7-10-24-16(12-20)15-6-4-9-23-15;/h3,5,8,13,15-16,21H,2,4,6-7,9-12H2,1H3,(H,18,19);1H. The topological polar surface area (TPSA) is 79.5 Å². The van der Waals surface area contributed by atoms with E-state index >= 15 is 0 Å². The van der Waals surface area contributed by atoms with E-state index in [1.165, 1.54) is 0 Å². The third-order valence-electron chi connectivity index (χ3n) is 4.39. The van der Waals surface area contributed by atoms with Crippen LogP contribution < -0.4 is 5.32 Å². The van der Waals surface area contributed by atoms with Crippen LogP contribution in [0.1, 0.15) is 31.6 Å². The second kappa shape index (κ2) is 10.3. The van der Waals surface area contributed by atoms with Crippen LogP contribution in [0.4, 0.5) is 0 Å². The number of hydrogen-bond acceptors (Lipinski definition) is 5. The number of morpholine rings is 1. The molecule has 0 amide bonds. The van der Waals surface area contributed by atoms with E-state index in [4.69, 9.17) is 13.9 Å². The Morgan fingerprint density at radius 1 is 1.40 bits per heavy atom. The highest BCUT2D eigenvalue weighted by Gasteiger charge is 2.32. The molecule has 8 heteroatoms. The van der Waals surface area contributed by atoms with E-state index in [1.807, 2.05) is 6.92 Å². The quantitative estimate of drug-likeness (QED) is 0.392. The maximum atomic E-state index is 10.2. The normalized spacial score (nSPS) is 25.5. The molecule has 0 saturated carbocycles. The fourth-order valence-electron chi connectivity index (χ4n) is 3.16. The highest BCUT2D eigenvalue weighted by molar-refractivity contribution is 14.0. The first-order chi connectivity index (χ1) is 11.8. The fourth-order valence-corrected chi connectivity index (χ4v) is 3.16. The number of aliphatic hydroxyl groups excluding tert-OH is 1. The molecule has 3 heterocycles. The van der Waals surface area contributed by atoms with Crippen LogP contribution in [0.25, 0.3) is 0 Å². The summed E-state index contributed by atoms with van der Waals surface area (Å²) in [6.07, 6.45) is 3.26. The van der Waals surface area contributed by atoms with Crippen LogP contribution in [0.5, 0.6) is 0 Å². The lowest BCUT2D eigenvalue weighted by Crippen LogP contribution is -2.53. The summed E-state index contributed by atoms with van der Waals surface area (Å²) in [6.45, 7) is 6.11. The first-order valence-electron chi connectivity index (χ1n) is 8.76. The zero-order chi connectivity index (χ0) is 16.8. The zero-order valence-electron chi connectivity index (χ0n) is 14.6. The minimum absolute atomic E-state index is 0. The Bertz CT molecular complexity index is 520. The lowest BCUT2D eigenvalue weighted by molar-refractivity contribution is -0.0817. The number of nitrogens with one attached hydrogen (secondary N) is 1. The van der Waals surface area contributed by atoms with Crippen molar-refractivity contribution in [2.45, 2.75) is 38.1 Å². The molecule has 3 atom stereocenters. The second-order valence-electron chi connectivity index (χ2n) is 6.13. The van der Waals surface area contributed by atoms with E-state index in [-0.39, 0.29) is 42.7 Å². The van der Waals surface area contributed by atoms with Gasteiger partial charge in [0.25, 0.3) is 0 Å². The number of aliphatic hydroxyl groups is 1. The highest BCUT2D eigenvalue weighted by atomic mass is 127. The highest BCUT2D eigenvalue weighted by Crippen LogP contribution is 2.21. The summed E-state index contributed by atoms with van der Waals surface area (Å²) in [5.41, 5.74) is 0. The van der Waals surface area contributed by atoms with Crippen molar-refractivity contribution in [2.75, 3.05) is 39.4 Å². The van der Waals surface area contributed by atoms with Crippen LogP contribution in [0.3, 0.4) is 0 Å². The monoisotopic (exact) mass is 465 g/mol. The van der Waals surface area contributed by atoms with Crippen molar-refractivity contribution in [3.05, 3.63) is 24.2 Å². The second-order valence-corrected chi connectivity index (χ2v) is 6.13. The van der Waals surface area contributed by atoms with Gasteiger partial charge in [-0.3, -0.25) is 0 Å². The summed E-state index contributed by atoms with van der Waals surface area (Å²) >= 11 is 0. The van der Waals surface area contributed by atoms with E-state index in [0.29, 0.717) is 12.4 Å². The van der Waals surface area contributed by atoms with E-state index < -0.39 is 6.10 Å². The molecule has 0 aliphatic carbocycles. The van der Waals surface area contributed by atoms with E-state index in [0.717, 1.165) is 45.0 Å². The average Bonchev–Trinajstić information content (AvgIpc) is 3.32. The third-order valence-corrected chi connectivity index (χ3v) is 4.39.